The van der Waals surface area contributed by atoms with E-state index < -0.39 is 0 Å². The summed E-state index contributed by atoms with van der Waals surface area (Å²) in [7, 11) is 0. The van der Waals surface area contributed by atoms with E-state index in [4.69, 9.17) is 0 Å². The number of hydrogen-bond acceptors (Lipinski definition) is 0. The predicted molar refractivity (Wildman–Crippen MR) is 104 cm³/mol. The highest BCUT2D eigenvalue weighted by atomic mass is 14.0. The predicted octanol–water partition coefficient (Wildman–Crippen LogP) is 8.46. The summed E-state index contributed by atoms with van der Waals surface area (Å²) in [6.07, 6.45) is 27.4. The summed E-state index contributed by atoms with van der Waals surface area (Å²) in [6, 6.07) is 0. The first-order valence-corrected chi connectivity index (χ1v) is 10.5. The molecule has 22 heavy (non-hydrogen) atoms. The molecule has 0 saturated carbocycles. The molecule has 0 N–H and O–H groups in total. The lowest BCUT2D eigenvalue weighted by atomic mass is 10.00. The van der Waals surface area contributed by atoms with Crippen molar-refractivity contribution < 1.29 is 0 Å². The molecule has 132 valence electrons. The molecule has 0 saturated heterocycles. The summed E-state index contributed by atoms with van der Waals surface area (Å²) < 4.78 is 0. The van der Waals surface area contributed by atoms with E-state index in [1.807, 2.05) is 0 Å². The maximum atomic E-state index is 2.43. The van der Waals surface area contributed by atoms with Crippen LogP contribution in [0.15, 0.2) is 12.2 Å². The van der Waals surface area contributed by atoms with E-state index in [0.29, 0.717) is 0 Å². The van der Waals surface area contributed by atoms with Crippen molar-refractivity contribution in [3.8, 4) is 0 Å². The molecular formula is C22H44. The highest BCUT2D eigenvalue weighted by Gasteiger charge is 1.97. The minimum absolute atomic E-state index is 0.941. The van der Waals surface area contributed by atoms with Crippen molar-refractivity contribution in [1.29, 1.82) is 0 Å². The lowest BCUT2D eigenvalue weighted by Gasteiger charge is -2.07. The fourth-order valence-corrected chi connectivity index (χ4v) is 2.94. The third-order valence-corrected chi connectivity index (χ3v) is 4.91. The van der Waals surface area contributed by atoms with E-state index in [0.717, 1.165) is 5.92 Å². The van der Waals surface area contributed by atoms with Gasteiger partial charge in [-0.2, -0.15) is 0 Å². The molecule has 0 rings (SSSR count). The van der Waals surface area contributed by atoms with Crippen LogP contribution in [0.2, 0.25) is 0 Å². The lowest BCUT2D eigenvalue weighted by molar-refractivity contribution is 0.471. The maximum Gasteiger partial charge on any atom is -0.0351 e. The number of hydrogen-bond donors (Lipinski definition) is 0. The van der Waals surface area contributed by atoms with Crippen LogP contribution in [0.25, 0.3) is 0 Å². The second-order valence-corrected chi connectivity index (χ2v) is 7.24. The van der Waals surface area contributed by atoms with E-state index in [9.17, 15) is 0 Å². The van der Waals surface area contributed by atoms with Crippen LogP contribution in [0, 0.1) is 5.92 Å². The fourth-order valence-electron chi connectivity index (χ4n) is 2.94. The summed E-state index contributed by atoms with van der Waals surface area (Å²) >= 11 is 0. The molecular weight excluding hydrogens is 264 g/mol. The van der Waals surface area contributed by atoms with E-state index >= 15 is 0 Å². The van der Waals surface area contributed by atoms with Crippen molar-refractivity contribution in [2.75, 3.05) is 0 Å². The van der Waals surface area contributed by atoms with Crippen molar-refractivity contribution in [2.24, 2.45) is 5.92 Å². The van der Waals surface area contributed by atoms with Gasteiger partial charge in [0.2, 0.25) is 0 Å². The Kier molecular flexibility index (Phi) is 18.6. The van der Waals surface area contributed by atoms with Gasteiger partial charge >= 0.3 is 0 Å². The Morgan fingerprint density at radius 2 is 1.05 bits per heavy atom. The number of rotatable bonds is 17. The molecule has 1 atom stereocenters. The zero-order chi connectivity index (χ0) is 16.3. The van der Waals surface area contributed by atoms with Crippen LogP contribution >= 0.6 is 0 Å². The number of allylic oxidation sites excluding steroid dienone is 2. The molecule has 0 radical (unpaired) electrons. The van der Waals surface area contributed by atoms with Crippen LogP contribution in [0.4, 0.5) is 0 Å². The molecule has 0 amide bonds. The molecule has 0 aromatic carbocycles. The van der Waals surface area contributed by atoms with Crippen molar-refractivity contribution in [2.45, 2.75) is 124 Å². The Balaban J connectivity index is 3.08. The maximum absolute atomic E-state index is 2.43. The Hall–Kier alpha value is -0.260. The van der Waals surface area contributed by atoms with Crippen molar-refractivity contribution >= 4 is 0 Å². The third-order valence-electron chi connectivity index (χ3n) is 4.91. The zero-order valence-corrected chi connectivity index (χ0v) is 16.0. The molecule has 0 aliphatic rings. The van der Waals surface area contributed by atoms with Crippen LogP contribution < -0.4 is 0 Å². The van der Waals surface area contributed by atoms with Gasteiger partial charge in [-0.25, -0.2) is 0 Å². The minimum Gasteiger partial charge on any atom is -0.0885 e. The van der Waals surface area contributed by atoms with Crippen LogP contribution in [-0.4, -0.2) is 0 Å². The average molecular weight is 309 g/mol. The summed E-state index contributed by atoms with van der Waals surface area (Å²) in [5.41, 5.74) is 0. The molecule has 0 aromatic heterocycles. The summed E-state index contributed by atoms with van der Waals surface area (Å²) in [6.45, 7) is 6.98. The molecule has 0 bridgehead atoms. The zero-order valence-electron chi connectivity index (χ0n) is 16.0. The van der Waals surface area contributed by atoms with Gasteiger partial charge in [0, 0.05) is 0 Å². The Morgan fingerprint density at radius 1 is 0.591 bits per heavy atom. The first-order valence-electron chi connectivity index (χ1n) is 10.5. The fraction of sp³-hybridized carbons (Fsp3) is 0.909. The van der Waals surface area contributed by atoms with Gasteiger partial charge in [0.05, 0.1) is 0 Å². The molecule has 0 fully saturated rings. The Bertz CT molecular complexity index is 216. The van der Waals surface area contributed by atoms with Gasteiger partial charge in [0.25, 0.3) is 0 Å². The minimum atomic E-state index is 0.941. The van der Waals surface area contributed by atoms with Gasteiger partial charge in [0.1, 0.15) is 0 Å². The topological polar surface area (TPSA) is 0 Å². The highest BCUT2D eigenvalue weighted by molar-refractivity contribution is 4.81. The third kappa shape index (κ3) is 17.8. The Labute approximate surface area is 142 Å². The summed E-state index contributed by atoms with van der Waals surface area (Å²) in [5, 5.41) is 0. The molecule has 0 heterocycles. The molecule has 0 aliphatic heterocycles. The standard InChI is InChI=1S/C22H44/c1-4-6-7-8-9-10-11-12-13-14-15-16-17-18-19-20-21-22(3)5-2/h12-13,22H,4-11,14-21H2,1-3H3/b13-12+. The van der Waals surface area contributed by atoms with E-state index in [-0.39, 0.29) is 0 Å². The van der Waals surface area contributed by atoms with Gasteiger partial charge in [-0.1, -0.05) is 110 Å². The summed E-state index contributed by atoms with van der Waals surface area (Å²) in [5.74, 6) is 0.941. The van der Waals surface area contributed by atoms with Gasteiger partial charge in [-0.3, -0.25) is 0 Å². The average Bonchev–Trinajstić information content (AvgIpc) is 2.54. The van der Waals surface area contributed by atoms with Crippen LogP contribution in [-0.2, 0) is 0 Å². The van der Waals surface area contributed by atoms with Gasteiger partial charge in [-0.15, -0.1) is 0 Å². The lowest BCUT2D eigenvalue weighted by Crippen LogP contribution is -1.91. The van der Waals surface area contributed by atoms with Crippen LogP contribution in [0.1, 0.15) is 124 Å². The largest absolute Gasteiger partial charge is 0.0885 e. The van der Waals surface area contributed by atoms with E-state index in [2.05, 4.69) is 32.9 Å². The first kappa shape index (κ1) is 21.7. The highest BCUT2D eigenvalue weighted by Crippen LogP contribution is 2.14. The normalized spacial score (nSPS) is 13.0. The van der Waals surface area contributed by atoms with Crippen LogP contribution in [0.3, 0.4) is 0 Å². The van der Waals surface area contributed by atoms with E-state index in [1.165, 1.54) is 103 Å². The Morgan fingerprint density at radius 3 is 1.55 bits per heavy atom. The quantitative estimate of drug-likeness (QED) is 0.187. The van der Waals surface area contributed by atoms with E-state index in [1.54, 1.807) is 0 Å². The number of unbranched alkanes of at least 4 members (excludes halogenated alkanes) is 12. The SMILES string of the molecule is CCCCCCCC/C=C/CCCCCCCCC(C)CC. The summed E-state index contributed by atoms with van der Waals surface area (Å²) in [4.78, 5) is 0. The molecule has 0 spiro atoms. The van der Waals surface area contributed by atoms with Gasteiger partial charge in [-0.05, 0) is 31.6 Å². The van der Waals surface area contributed by atoms with Crippen molar-refractivity contribution in [3.05, 3.63) is 12.2 Å². The van der Waals surface area contributed by atoms with Crippen molar-refractivity contribution in [1.82, 2.24) is 0 Å². The molecule has 1 unspecified atom stereocenters. The molecule has 0 aromatic rings. The molecule has 0 aliphatic carbocycles. The van der Waals surface area contributed by atoms with Gasteiger partial charge < -0.3 is 0 Å². The first-order chi connectivity index (χ1) is 10.8. The monoisotopic (exact) mass is 308 g/mol. The van der Waals surface area contributed by atoms with Crippen molar-refractivity contribution in [3.63, 3.8) is 0 Å². The molecule has 0 nitrogen and oxygen atoms in total. The molecule has 0 heteroatoms. The van der Waals surface area contributed by atoms with Gasteiger partial charge in [0.15, 0.2) is 0 Å². The second kappa shape index (κ2) is 18.8. The second-order valence-electron chi connectivity index (χ2n) is 7.24. The smallest absolute Gasteiger partial charge is 0.0351 e. The van der Waals surface area contributed by atoms with Crippen LogP contribution in [0.5, 0.6) is 0 Å².